The van der Waals surface area contributed by atoms with Crippen LogP contribution in [0.15, 0.2) is 0 Å². The first-order valence-electron chi connectivity index (χ1n) is 6.21. The van der Waals surface area contributed by atoms with Gasteiger partial charge in [-0.15, -0.1) is 0 Å². The standard InChI is InChI=1S/C12H28N2O2/c1-5-15-12(10-13)6-7-14(4)8-9-16-11(2)3/h11-12H,5-10,13H2,1-4H3. The fraction of sp³-hybridized carbons (Fsp3) is 1.00. The van der Waals surface area contributed by atoms with Gasteiger partial charge in [0.1, 0.15) is 0 Å². The van der Waals surface area contributed by atoms with E-state index in [0.29, 0.717) is 12.6 Å². The Morgan fingerprint density at radius 1 is 1.19 bits per heavy atom. The lowest BCUT2D eigenvalue weighted by atomic mass is 10.2. The Labute approximate surface area is 100 Å². The van der Waals surface area contributed by atoms with E-state index in [9.17, 15) is 0 Å². The maximum absolute atomic E-state index is 5.62. The normalized spacial score (nSPS) is 13.7. The molecule has 0 spiro atoms. The molecular weight excluding hydrogens is 204 g/mol. The van der Waals surface area contributed by atoms with Crippen molar-refractivity contribution in [1.82, 2.24) is 4.90 Å². The van der Waals surface area contributed by atoms with Crippen LogP contribution in [0.4, 0.5) is 0 Å². The van der Waals surface area contributed by atoms with E-state index in [1.807, 2.05) is 6.92 Å². The van der Waals surface area contributed by atoms with Crippen LogP contribution in [0.2, 0.25) is 0 Å². The van der Waals surface area contributed by atoms with Crippen molar-refractivity contribution in [3.05, 3.63) is 0 Å². The average molecular weight is 232 g/mol. The number of nitrogens with two attached hydrogens (primary N) is 1. The highest BCUT2D eigenvalue weighted by atomic mass is 16.5. The number of hydrogen-bond acceptors (Lipinski definition) is 4. The Balaban J connectivity index is 3.50. The molecule has 0 aliphatic rings. The van der Waals surface area contributed by atoms with E-state index < -0.39 is 0 Å². The maximum Gasteiger partial charge on any atom is 0.0709 e. The smallest absolute Gasteiger partial charge is 0.0709 e. The average Bonchev–Trinajstić information content (AvgIpc) is 2.23. The second-order valence-corrected chi connectivity index (χ2v) is 4.32. The predicted molar refractivity (Wildman–Crippen MR) is 67.7 cm³/mol. The van der Waals surface area contributed by atoms with Crippen molar-refractivity contribution in [3.8, 4) is 0 Å². The number of likely N-dealkylation sites (N-methyl/N-ethyl adjacent to an activating group) is 1. The van der Waals surface area contributed by atoms with Crippen molar-refractivity contribution in [3.63, 3.8) is 0 Å². The van der Waals surface area contributed by atoms with E-state index in [0.717, 1.165) is 32.7 Å². The van der Waals surface area contributed by atoms with Crippen molar-refractivity contribution in [2.75, 3.05) is 39.9 Å². The number of hydrogen-bond donors (Lipinski definition) is 1. The molecule has 4 heteroatoms. The summed E-state index contributed by atoms with van der Waals surface area (Å²) in [5.74, 6) is 0. The SMILES string of the molecule is CCOC(CN)CCN(C)CCOC(C)C. The molecule has 0 fully saturated rings. The first kappa shape index (κ1) is 15.8. The van der Waals surface area contributed by atoms with Crippen LogP contribution in [0.25, 0.3) is 0 Å². The van der Waals surface area contributed by atoms with Crippen molar-refractivity contribution in [1.29, 1.82) is 0 Å². The number of rotatable bonds is 10. The van der Waals surface area contributed by atoms with Crippen LogP contribution in [-0.4, -0.2) is 57.0 Å². The number of ether oxygens (including phenoxy) is 2. The van der Waals surface area contributed by atoms with Gasteiger partial charge in [-0.05, 0) is 34.2 Å². The van der Waals surface area contributed by atoms with Gasteiger partial charge in [-0.2, -0.15) is 0 Å². The zero-order chi connectivity index (χ0) is 12.4. The minimum absolute atomic E-state index is 0.193. The van der Waals surface area contributed by atoms with Crippen molar-refractivity contribution in [2.45, 2.75) is 39.4 Å². The molecule has 0 aliphatic heterocycles. The topological polar surface area (TPSA) is 47.7 Å². The van der Waals surface area contributed by atoms with Gasteiger partial charge < -0.3 is 20.1 Å². The van der Waals surface area contributed by atoms with E-state index in [4.69, 9.17) is 15.2 Å². The first-order valence-corrected chi connectivity index (χ1v) is 6.21. The number of nitrogens with zero attached hydrogens (tertiary/aromatic N) is 1. The van der Waals surface area contributed by atoms with E-state index >= 15 is 0 Å². The lowest BCUT2D eigenvalue weighted by Gasteiger charge is -2.21. The van der Waals surface area contributed by atoms with E-state index in [1.165, 1.54) is 0 Å². The zero-order valence-electron chi connectivity index (χ0n) is 11.2. The molecule has 4 nitrogen and oxygen atoms in total. The fourth-order valence-electron chi connectivity index (χ4n) is 1.43. The van der Waals surface area contributed by atoms with E-state index in [1.54, 1.807) is 0 Å². The van der Waals surface area contributed by atoms with Crippen LogP contribution in [-0.2, 0) is 9.47 Å². The molecule has 0 bridgehead atoms. The van der Waals surface area contributed by atoms with Crippen LogP contribution in [0.1, 0.15) is 27.2 Å². The third kappa shape index (κ3) is 9.09. The fourth-order valence-corrected chi connectivity index (χ4v) is 1.43. The molecule has 2 N–H and O–H groups in total. The largest absolute Gasteiger partial charge is 0.377 e. The summed E-state index contributed by atoms with van der Waals surface area (Å²) < 4.78 is 11.0. The summed E-state index contributed by atoms with van der Waals surface area (Å²) in [6.45, 7) is 10.2. The lowest BCUT2D eigenvalue weighted by molar-refractivity contribution is 0.0441. The van der Waals surface area contributed by atoms with Gasteiger partial charge in [0.05, 0.1) is 18.8 Å². The Bertz CT molecular complexity index is 154. The quantitative estimate of drug-likeness (QED) is 0.613. The molecule has 0 saturated carbocycles. The summed E-state index contributed by atoms with van der Waals surface area (Å²) in [7, 11) is 2.10. The molecule has 0 aromatic heterocycles. The summed E-state index contributed by atoms with van der Waals surface area (Å²) in [6, 6.07) is 0. The highest BCUT2D eigenvalue weighted by Gasteiger charge is 2.07. The highest BCUT2D eigenvalue weighted by Crippen LogP contribution is 1.99. The third-order valence-corrected chi connectivity index (χ3v) is 2.42. The molecule has 1 atom stereocenters. The van der Waals surface area contributed by atoms with Gasteiger partial charge in [0, 0.05) is 26.2 Å². The Hall–Kier alpha value is -0.160. The van der Waals surface area contributed by atoms with Crippen LogP contribution in [0.3, 0.4) is 0 Å². The van der Waals surface area contributed by atoms with Gasteiger partial charge >= 0.3 is 0 Å². The molecule has 0 aliphatic carbocycles. The third-order valence-electron chi connectivity index (χ3n) is 2.42. The zero-order valence-corrected chi connectivity index (χ0v) is 11.2. The highest BCUT2D eigenvalue weighted by molar-refractivity contribution is 4.62. The van der Waals surface area contributed by atoms with E-state index in [-0.39, 0.29) is 6.10 Å². The predicted octanol–water partition coefficient (Wildman–Crippen LogP) is 1.10. The molecule has 0 amide bonds. The second kappa shape index (κ2) is 10.0. The van der Waals surface area contributed by atoms with Gasteiger partial charge in [0.15, 0.2) is 0 Å². The van der Waals surface area contributed by atoms with Crippen LogP contribution >= 0.6 is 0 Å². The molecule has 0 saturated heterocycles. The van der Waals surface area contributed by atoms with Gasteiger partial charge in [0.25, 0.3) is 0 Å². The molecule has 0 aromatic rings. The maximum atomic E-state index is 5.62. The Kier molecular flexibility index (Phi) is 9.92. The molecule has 0 radical (unpaired) electrons. The summed E-state index contributed by atoms with van der Waals surface area (Å²) in [6.07, 6.45) is 1.50. The second-order valence-electron chi connectivity index (χ2n) is 4.32. The Morgan fingerprint density at radius 2 is 1.88 bits per heavy atom. The van der Waals surface area contributed by atoms with Crippen LogP contribution < -0.4 is 5.73 Å². The van der Waals surface area contributed by atoms with Crippen molar-refractivity contribution >= 4 is 0 Å². The summed E-state index contributed by atoms with van der Waals surface area (Å²) in [4.78, 5) is 2.25. The summed E-state index contributed by atoms with van der Waals surface area (Å²) >= 11 is 0. The molecule has 0 rings (SSSR count). The van der Waals surface area contributed by atoms with Gasteiger partial charge in [-0.1, -0.05) is 0 Å². The van der Waals surface area contributed by atoms with Crippen LogP contribution in [0, 0.1) is 0 Å². The van der Waals surface area contributed by atoms with Crippen molar-refractivity contribution < 1.29 is 9.47 Å². The first-order chi connectivity index (χ1) is 7.60. The van der Waals surface area contributed by atoms with Crippen molar-refractivity contribution in [2.24, 2.45) is 5.73 Å². The minimum Gasteiger partial charge on any atom is -0.377 e. The molecule has 0 heterocycles. The molecule has 16 heavy (non-hydrogen) atoms. The summed E-state index contributed by atoms with van der Waals surface area (Å²) in [5.41, 5.74) is 5.62. The van der Waals surface area contributed by atoms with E-state index in [2.05, 4.69) is 25.8 Å². The molecule has 98 valence electrons. The molecular formula is C12H28N2O2. The minimum atomic E-state index is 0.193. The van der Waals surface area contributed by atoms with Gasteiger partial charge in [0.2, 0.25) is 0 Å². The molecule has 0 aromatic carbocycles. The molecule has 1 unspecified atom stereocenters. The monoisotopic (exact) mass is 232 g/mol. The summed E-state index contributed by atoms with van der Waals surface area (Å²) in [5, 5.41) is 0. The van der Waals surface area contributed by atoms with Crippen LogP contribution in [0.5, 0.6) is 0 Å². The lowest BCUT2D eigenvalue weighted by Crippen LogP contribution is -2.31. The Morgan fingerprint density at radius 3 is 2.38 bits per heavy atom. The van der Waals surface area contributed by atoms with Gasteiger partial charge in [-0.25, -0.2) is 0 Å². The van der Waals surface area contributed by atoms with Gasteiger partial charge in [-0.3, -0.25) is 0 Å².